The maximum atomic E-state index is 5.79. The van der Waals surface area contributed by atoms with Crippen molar-refractivity contribution in [3.63, 3.8) is 0 Å². The molecule has 0 saturated carbocycles. The highest BCUT2D eigenvalue weighted by Gasteiger charge is 2.24. The normalized spacial score (nSPS) is 11.2. The summed E-state index contributed by atoms with van der Waals surface area (Å²) in [5, 5.41) is 8.61. The van der Waals surface area contributed by atoms with Crippen molar-refractivity contribution in [2.45, 2.75) is 13.5 Å². The summed E-state index contributed by atoms with van der Waals surface area (Å²) >= 11 is 0. The van der Waals surface area contributed by atoms with Crippen molar-refractivity contribution in [3.8, 4) is 0 Å². The van der Waals surface area contributed by atoms with Crippen molar-refractivity contribution in [3.05, 3.63) is 66.5 Å². The predicted octanol–water partition coefficient (Wildman–Crippen LogP) is 2.29. The Morgan fingerprint density at radius 2 is 1.69 bits per heavy atom. The second-order valence-electron chi connectivity index (χ2n) is 6.15. The fourth-order valence-corrected chi connectivity index (χ4v) is 2.80. The number of rotatable bonds is 6. The van der Waals surface area contributed by atoms with E-state index < -0.39 is 0 Å². The van der Waals surface area contributed by atoms with E-state index in [-0.39, 0.29) is 0 Å². The molecule has 0 fully saturated rings. The summed E-state index contributed by atoms with van der Waals surface area (Å²) in [6.07, 6.45) is 1.74. The van der Waals surface area contributed by atoms with E-state index in [1.165, 1.54) is 16.0 Å². The standard InChI is InChI=1S/C19H25N7/c1-4-25(14-16-8-6-5-7-9-16)18-12-10-17(11-13-18)21-22-19-23(2)15-26(20)24(19)3/h5-13,15H,4,14,20H2,1-3H3/q+2. The summed E-state index contributed by atoms with van der Waals surface area (Å²) in [6, 6.07) is 18.6. The van der Waals surface area contributed by atoms with Gasteiger partial charge in [0.05, 0.1) is 7.05 Å². The molecule has 0 spiro atoms. The fourth-order valence-electron chi connectivity index (χ4n) is 2.80. The Balaban J connectivity index is 1.74. The summed E-state index contributed by atoms with van der Waals surface area (Å²) in [7, 11) is 3.71. The van der Waals surface area contributed by atoms with Gasteiger partial charge in [-0.15, -0.1) is 0 Å². The molecule has 0 unspecified atom stereocenters. The molecule has 134 valence electrons. The van der Waals surface area contributed by atoms with Gasteiger partial charge in [0, 0.05) is 23.6 Å². The molecule has 3 aromatic rings. The first-order chi connectivity index (χ1) is 12.6. The monoisotopic (exact) mass is 351 g/mol. The lowest BCUT2D eigenvalue weighted by Gasteiger charge is -2.23. The Labute approximate surface area is 153 Å². The van der Waals surface area contributed by atoms with Crippen LogP contribution in [-0.2, 0) is 20.6 Å². The van der Waals surface area contributed by atoms with Crippen LogP contribution in [0.3, 0.4) is 0 Å². The molecular weight excluding hydrogens is 326 g/mol. The molecule has 0 aliphatic carbocycles. The van der Waals surface area contributed by atoms with Gasteiger partial charge in [-0.2, -0.15) is 4.57 Å². The van der Waals surface area contributed by atoms with Crippen molar-refractivity contribution in [2.75, 3.05) is 17.3 Å². The quantitative estimate of drug-likeness (QED) is 0.421. The minimum Gasteiger partial charge on any atom is -0.367 e. The molecule has 7 nitrogen and oxygen atoms in total. The van der Waals surface area contributed by atoms with E-state index in [1.54, 1.807) is 11.0 Å². The second kappa shape index (κ2) is 7.77. The molecule has 1 aromatic heterocycles. The molecule has 0 aliphatic rings. The van der Waals surface area contributed by atoms with Gasteiger partial charge in [0.2, 0.25) is 0 Å². The van der Waals surface area contributed by atoms with Gasteiger partial charge in [0.1, 0.15) is 17.8 Å². The Hall–Kier alpha value is -3.22. The van der Waals surface area contributed by atoms with E-state index in [2.05, 4.69) is 58.5 Å². The first-order valence-electron chi connectivity index (χ1n) is 8.61. The third-order valence-electron chi connectivity index (χ3n) is 4.31. The summed E-state index contributed by atoms with van der Waals surface area (Å²) < 4.78 is 3.53. The first-order valence-corrected chi connectivity index (χ1v) is 8.61. The van der Waals surface area contributed by atoms with E-state index in [0.717, 1.165) is 18.8 Å². The zero-order chi connectivity index (χ0) is 18.5. The zero-order valence-corrected chi connectivity index (χ0v) is 15.4. The Morgan fingerprint density at radius 1 is 1.00 bits per heavy atom. The molecule has 0 amide bonds. The molecule has 0 bridgehead atoms. The van der Waals surface area contributed by atoms with Gasteiger partial charge in [-0.1, -0.05) is 30.3 Å². The van der Waals surface area contributed by atoms with Crippen LogP contribution in [-0.4, -0.2) is 11.3 Å². The van der Waals surface area contributed by atoms with E-state index in [1.807, 2.05) is 36.9 Å². The lowest BCUT2D eigenvalue weighted by molar-refractivity contribution is -0.782. The van der Waals surface area contributed by atoms with Crippen LogP contribution >= 0.6 is 0 Å². The average molecular weight is 351 g/mol. The van der Waals surface area contributed by atoms with E-state index in [9.17, 15) is 0 Å². The number of aromatic nitrogens is 3. The van der Waals surface area contributed by atoms with E-state index in [0.29, 0.717) is 5.95 Å². The highest BCUT2D eigenvalue weighted by atomic mass is 15.6. The summed E-state index contributed by atoms with van der Waals surface area (Å²) in [5.74, 6) is 6.46. The molecule has 0 aliphatic heterocycles. The molecule has 2 N–H and O–H groups in total. The van der Waals surface area contributed by atoms with Crippen LogP contribution in [0.2, 0.25) is 0 Å². The average Bonchev–Trinajstić information content (AvgIpc) is 2.91. The molecule has 26 heavy (non-hydrogen) atoms. The van der Waals surface area contributed by atoms with Crippen molar-refractivity contribution in [2.24, 2.45) is 24.3 Å². The van der Waals surface area contributed by atoms with Crippen molar-refractivity contribution in [1.82, 2.24) is 4.79 Å². The molecule has 0 saturated heterocycles. The smallest absolute Gasteiger partial charge is 0.367 e. The largest absolute Gasteiger partial charge is 0.555 e. The first kappa shape index (κ1) is 17.6. The summed E-state index contributed by atoms with van der Waals surface area (Å²) in [6.45, 7) is 3.98. The lowest BCUT2D eigenvalue weighted by atomic mass is 10.2. The lowest BCUT2D eigenvalue weighted by Crippen LogP contribution is -2.43. The molecular formula is C19H25N7+2. The van der Waals surface area contributed by atoms with Gasteiger partial charge < -0.3 is 4.90 Å². The van der Waals surface area contributed by atoms with Gasteiger partial charge in [-0.25, -0.2) is 5.84 Å². The highest BCUT2D eigenvalue weighted by molar-refractivity contribution is 5.53. The van der Waals surface area contributed by atoms with Crippen LogP contribution in [0.15, 0.2) is 71.2 Å². The minimum absolute atomic E-state index is 0.663. The van der Waals surface area contributed by atoms with Gasteiger partial charge in [0.25, 0.3) is 0 Å². The number of azo groups is 1. The number of nitrogens with zero attached hydrogens (tertiary/aromatic N) is 6. The summed E-state index contributed by atoms with van der Waals surface area (Å²) in [4.78, 5) is 3.78. The van der Waals surface area contributed by atoms with Crippen LogP contribution in [0.5, 0.6) is 0 Å². The van der Waals surface area contributed by atoms with Crippen LogP contribution < -0.4 is 20.0 Å². The van der Waals surface area contributed by atoms with Gasteiger partial charge in [0.15, 0.2) is 0 Å². The molecule has 1 heterocycles. The number of aryl methyl sites for hydroxylation is 1. The molecule has 0 atom stereocenters. The fraction of sp³-hybridized carbons (Fsp3) is 0.263. The van der Waals surface area contributed by atoms with Crippen LogP contribution in [0.4, 0.5) is 17.3 Å². The second-order valence-corrected chi connectivity index (χ2v) is 6.15. The maximum absolute atomic E-state index is 5.79. The maximum Gasteiger partial charge on any atom is 0.555 e. The predicted molar refractivity (Wildman–Crippen MR) is 101 cm³/mol. The number of hydrogen-bond donors (Lipinski definition) is 1. The Kier molecular flexibility index (Phi) is 5.26. The van der Waals surface area contributed by atoms with Crippen LogP contribution in [0.25, 0.3) is 0 Å². The zero-order valence-electron chi connectivity index (χ0n) is 15.4. The highest BCUT2D eigenvalue weighted by Crippen LogP contribution is 2.22. The number of anilines is 1. The Morgan fingerprint density at radius 3 is 2.27 bits per heavy atom. The van der Waals surface area contributed by atoms with Gasteiger partial charge >= 0.3 is 12.3 Å². The minimum atomic E-state index is 0.663. The SMILES string of the molecule is CCN(Cc1ccccc1)c1ccc(N=Nc2[n+](C)cn(N)[n+]2C)cc1. The molecule has 7 heteroatoms. The third kappa shape index (κ3) is 3.88. The molecule has 0 radical (unpaired) electrons. The van der Waals surface area contributed by atoms with Crippen LogP contribution in [0.1, 0.15) is 12.5 Å². The third-order valence-corrected chi connectivity index (χ3v) is 4.31. The molecule has 3 rings (SSSR count). The van der Waals surface area contributed by atoms with Crippen molar-refractivity contribution >= 4 is 17.3 Å². The Bertz CT molecular complexity index is 882. The molecule has 2 aromatic carbocycles. The van der Waals surface area contributed by atoms with Gasteiger partial charge in [-0.05, 0) is 46.5 Å². The van der Waals surface area contributed by atoms with Crippen molar-refractivity contribution in [1.29, 1.82) is 0 Å². The number of nitrogen functional groups attached to an aromatic ring is 1. The number of benzene rings is 2. The number of nitrogens with two attached hydrogens (primary N) is 1. The topological polar surface area (TPSA) is 66.7 Å². The van der Waals surface area contributed by atoms with E-state index in [4.69, 9.17) is 5.84 Å². The van der Waals surface area contributed by atoms with Gasteiger partial charge in [-0.3, -0.25) is 0 Å². The number of hydrogen-bond acceptors (Lipinski definition) is 4. The van der Waals surface area contributed by atoms with Crippen LogP contribution in [0, 0.1) is 0 Å². The van der Waals surface area contributed by atoms with Crippen molar-refractivity contribution < 1.29 is 9.25 Å². The summed E-state index contributed by atoms with van der Waals surface area (Å²) in [5.41, 5.74) is 3.26. The van der Waals surface area contributed by atoms with E-state index >= 15 is 0 Å².